The molecule has 5 heteroatoms. The van der Waals surface area contributed by atoms with E-state index in [1.807, 2.05) is 6.92 Å². The predicted molar refractivity (Wildman–Crippen MR) is 70.4 cm³/mol. The van der Waals surface area contributed by atoms with Gasteiger partial charge in [-0.15, -0.1) is 0 Å². The summed E-state index contributed by atoms with van der Waals surface area (Å²) in [7, 11) is 0. The van der Waals surface area contributed by atoms with Crippen LogP contribution in [0.1, 0.15) is 26.3 Å². The van der Waals surface area contributed by atoms with Crippen LogP contribution in [0.25, 0.3) is 0 Å². The monoisotopic (exact) mass is 274 g/mol. The summed E-state index contributed by atoms with van der Waals surface area (Å²) in [4.78, 5) is 2.24. The lowest BCUT2D eigenvalue weighted by Crippen LogP contribution is -2.38. The molecule has 1 atom stereocenters. The highest BCUT2D eigenvalue weighted by Gasteiger charge is 2.14. The number of nitrogens with one attached hydrogen (secondary N) is 1. The van der Waals surface area contributed by atoms with Crippen LogP contribution in [0.4, 0.5) is 13.2 Å². The van der Waals surface area contributed by atoms with E-state index in [2.05, 4.69) is 24.1 Å². The molecule has 1 rings (SSSR count). The number of rotatable bonds is 7. The summed E-state index contributed by atoms with van der Waals surface area (Å²) in [6.45, 7) is 9.04. The lowest BCUT2D eigenvalue weighted by Gasteiger charge is -2.23. The van der Waals surface area contributed by atoms with Crippen molar-refractivity contribution in [2.24, 2.45) is 0 Å². The molecule has 0 aliphatic rings. The van der Waals surface area contributed by atoms with Gasteiger partial charge < -0.3 is 10.2 Å². The fraction of sp³-hybridized carbons (Fsp3) is 0.571. The molecule has 0 amide bonds. The van der Waals surface area contributed by atoms with Crippen LogP contribution < -0.4 is 5.32 Å². The molecule has 2 nitrogen and oxygen atoms in total. The molecule has 0 bridgehead atoms. The number of nitrogens with zero attached hydrogens (tertiary/aromatic N) is 1. The summed E-state index contributed by atoms with van der Waals surface area (Å²) in [6, 6.07) is 2.36. The Kier molecular flexibility index (Phi) is 6.31. The van der Waals surface area contributed by atoms with Gasteiger partial charge in [0.25, 0.3) is 0 Å². The number of hydrogen-bond donors (Lipinski definition) is 1. The minimum atomic E-state index is -1.41. The van der Waals surface area contributed by atoms with Crippen LogP contribution in [0.5, 0.6) is 0 Å². The minimum absolute atomic E-state index is 0.144. The van der Waals surface area contributed by atoms with Crippen LogP contribution in [0.15, 0.2) is 12.1 Å². The molecule has 0 aromatic heterocycles. The summed E-state index contributed by atoms with van der Waals surface area (Å²) in [5.41, 5.74) is 0.144. The quantitative estimate of drug-likeness (QED) is 0.769. The summed E-state index contributed by atoms with van der Waals surface area (Å²) in [6.07, 6.45) is 0. The summed E-state index contributed by atoms with van der Waals surface area (Å²) >= 11 is 0. The molecular weight excluding hydrogens is 253 g/mol. The second-order valence-corrected chi connectivity index (χ2v) is 4.60. The lowest BCUT2D eigenvalue weighted by atomic mass is 10.2. The first kappa shape index (κ1) is 16.0. The number of halogens is 3. The fourth-order valence-electron chi connectivity index (χ4n) is 1.92. The molecule has 108 valence electrons. The zero-order valence-electron chi connectivity index (χ0n) is 11.6. The maximum absolute atomic E-state index is 13.4. The molecule has 1 aromatic carbocycles. The standard InChI is InChI=1S/C14H21F3N2/c1-4-19(5-2)9-10(3)18-8-11-6-7-12(15)14(17)13(11)16/h6-7,10,18H,4-5,8-9H2,1-3H3. The lowest BCUT2D eigenvalue weighted by molar-refractivity contribution is 0.270. The number of hydrogen-bond acceptors (Lipinski definition) is 2. The first-order valence-electron chi connectivity index (χ1n) is 6.57. The average molecular weight is 274 g/mol. The Morgan fingerprint density at radius 1 is 1.11 bits per heavy atom. The van der Waals surface area contributed by atoms with Gasteiger partial charge in [0.15, 0.2) is 17.5 Å². The Morgan fingerprint density at radius 3 is 2.32 bits per heavy atom. The third-order valence-electron chi connectivity index (χ3n) is 3.18. The van der Waals surface area contributed by atoms with Crippen LogP contribution in [-0.4, -0.2) is 30.6 Å². The number of likely N-dealkylation sites (N-methyl/N-ethyl adjacent to an activating group) is 1. The maximum atomic E-state index is 13.4. The third kappa shape index (κ3) is 4.51. The molecule has 0 saturated heterocycles. The van der Waals surface area contributed by atoms with Gasteiger partial charge >= 0.3 is 0 Å². The molecule has 1 N–H and O–H groups in total. The Balaban J connectivity index is 2.55. The molecule has 1 aromatic rings. The normalized spacial score (nSPS) is 13.0. The van der Waals surface area contributed by atoms with Gasteiger partial charge in [0.2, 0.25) is 0 Å². The van der Waals surface area contributed by atoms with Crippen molar-refractivity contribution in [2.45, 2.75) is 33.4 Å². The van der Waals surface area contributed by atoms with Crippen molar-refractivity contribution in [3.8, 4) is 0 Å². The first-order valence-corrected chi connectivity index (χ1v) is 6.57. The molecule has 19 heavy (non-hydrogen) atoms. The van der Waals surface area contributed by atoms with E-state index in [0.29, 0.717) is 0 Å². The largest absolute Gasteiger partial charge is 0.309 e. The fourth-order valence-corrected chi connectivity index (χ4v) is 1.92. The van der Waals surface area contributed by atoms with E-state index >= 15 is 0 Å². The van der Waals surface area contributed by atoms with Gasteiger partial charge in [-0.2, -0.15) is 0 Å². The van der Waals surface area contributed by atoms with Crippen LogP contribution in [0, 0.1) is 17.5 Å². The van der Waals surface area contributed by atoms with E-state index in [1.165, 1.54) is 6.07 Å². The van der Waals surface area contributed by atoms with Crippen molar-refractivity contribution in [2.75, 3.05) is 19.6 Å². The maximum Gasteiger partial charge on any atom is 0.194 e. The van der Waals surface area contributed by atoms with Gasteiger partial charge in [-0.3, -0.25) is 0 Å². The molecule has 0 radical (unpaired) electrons. The predicted octanol–water partition coefficient (Wildman–Crippen LogP) is 2.92. The Hall–Kier alpha value is -1.07. The zero-order chi connectivity index (χ0) is 14.4. The van der Waals surface area contributed by atoms with E-state index in [-0.39, 0.29) is 18.2 Å². The summed E-state index contributed by atoms with van der Waals surface area (Å²) < 4.78 is 39.3. The van der Waals surface area contributed by atoms with Gasteiger partial charge in [-0.25, -0.2) is 13.2 Å². The van der Waals surface area contributed by atoms with Crippen molar-refractivity contribution in [1.82, 2.24) is 10.2 Å². The average Bonchev–Trinajstić information content (AvgIpc) is 2.41. The summed E-state index contributed by atoms with van der Waals surface area (Å²) in [5.74, 6) is -3.67. The van der Waals surface area contributed by atoms with Crippen LogP contribution in [0.3, 0.4) is 0 Å². The topological polar surface area (TPSA) is 15.3 Å². The molecule has 0 spiro atoms. The van der Waals surface area contributed by atoms with Crippen LogP contribution in [0.2, 0.25) is 0 Å². The van der Waals surface area contributed by atoms with Gasteiger partial charge in [0.1, 0.15) is 0 Å². The van der Waals surface area contributed by atoms with Crippen LogP contribution in [-0.2, 0) is 6.54 Å². The van der Waals surface area contributed by atoms with Crippen molar-refractivity contribution < 1.29 is 13.2 Å². The van der Waals surface area contributed by atoms with Gasteiger partial charge in [-0.1, -0.05) is 19.9 Å². The van der Waals surface area contributed by atoms with E-state index in [1.54, 1.807) is 0 Å². The second-order valence-electron chi connectivity index (χ2n) is 4.60. The van der Waals surface area contributed by atoms with Gasteiger partial charge in [0, 0.05) is 24.7 Å². The van der Waals surface area contributed by atoms with Crippen molar-refractivity contribution >= 4 is 0 Å². The summed E-state index contributed by atoms with van der Waals surface area (Å²) in [5, 5.41) is 3.11. The first-order chi connectivity index (χ1) is 8.99. The van der Waals surface area contributed by atoms with E-state index in [9.17, 15) is 13.2 Å². The SMILES string of the molecule is CCN(CC)CC(C)NCc1ccc(F)c(F)c1F. The highest BCUT2D eigenvalue weighted by atomic mass is 19.2. The Morgan fingerprint density at radius 2 is 1.74 bits per heavy atom. The smallest absolute Gasteiger partial charge is 0.194 e. The molecule has 0 saturated carbocycles. The molecule has 0 heterocycles. The molecule has 0 aliphatic carbocycles. The number of benzene rings is 1. The third-order valence-corrected chi connectivity index (χ3v) is 3.18. The van der Waals surface area contributed by atoms with E-state index < -0.39 is 17.5 Å². The van der Waals surface area contributed by atoms with Crippen LogP contribution >= 0.6 is 0 Å². The molecule has 1 unspecified atom stereocenters. The van der Waals surface area contributed by atoms with Gasteiger partial charge in [0.05, 0.1) is 0 Å². The highest BCUT2D eigenvalue weighted by Crippen LogP contribution is 2.15. The van der Waals surface area contributed by atoms with Crippen molar-refractivity contribution in [3.63, 3.8) is 0 Å². The van der Waals surface area contributed by atoms with Crippen molar-refractivity contribution in [3.05, 3.63) is 35.1 Å². The minimum Gasteiger partial charge on any atom is -0.309 e. The van der Waals surface area contributed by atoms with Crippen molar-refractivity contribution in [1.29, 1.82) is 0 Å². The molecule has 0 aliphatic heterocycles. The molecule has 0 fully saturated rings. The van der Waals surface area contributed by atoms with Gasteiger partial charge in [-0.05, 0) is 26.1 Å². The highest BCUT2D eigenvalue weighted by molar-refractivity contribution is 5.20. The van der Waals surface area contributed by atoms with E-state index in [4.69, 9.17) is 0 Å². The zero-order valence-corrected chi connectivity index (χ0v) is 11.6. The Labute approximate surface area is 112 Å². The second kappa shape index (κ2) is 7.50. The Bertz CT molecular complexity index is 406. The van der Waals surface area contributed by atoms with E-state index in [0.717, 1.165) is 25.7 Å². The molecular formula is C14H21F3N2.